The minimum Gasteiger partial charge on any atom is -0.361 e. The van der Waals surface area contributed by atoms with Crippen molar-refractivity contribution in [2.75, 3.05) is 24.5 Å². The summed E-state index contributed by atoms with van der Waals surface area (Å²) < 4.78 is 0. The standard InChI is InChI=1S/C19H21N5O/c25-18(16-5-4-15-6-9-20-17(15)11-16)23-12-14-3-1-10-24(13-14)19-21-7-2-8-22-19/h2,4-9,11,14,20H,1,3,10,12-13H2,(H,23,25)/t14-/m1/s1. The molecular formula is C19H21N5O. The molecule has 3 aromatic rings. The second-order valence-electron chi connectivity index (χ2n) is 6.49. The number of carbonyl (C=O) groups excluding carboxylic acids is 1. The van der Waals surface area contributed by atoms with Crippen molar-refractivity contribution in [2.45, 2.75) is 12.8 Å². The van der Waals surface area contributed by atoms with Crippen LogP contribution in [0.2, 0.25) is 0 Å². The van der Waals surface area contributed by atoms with Crippen molar-refractivity contribution in [3.05, 3.63) is 54.5 Å². The smallest absolute Gasteiger partial charge is 0.251 e. The Kier molecular flexibility index (Phi) is 4.33. The number of aromatic amines is 1. The van der Waals surface area contributed by atoms with Crippen molar-refractivity contribution in [1.82, 2.24) is 20.3 Å². The fraction of sp³-hybridized carbons (Fsp3) is 0.316. The van der Waals surface area contributed by atoms with Gasteiger partial charge in [0.25, 0.3) is 5.91 Å². The summed E-state index contributed by atoms with van der Waals surface area (Å²) in [6.07, 6.45) is 7.62. The van der Waals surface area contributed by atoms with Gasteiger partial charge in [0.1, 0.15) is 0 Å². The van der Waals surface area contributed by atoms with E-state index in [0.29, 0.717) is 18.0 Å². The van der Waals surface area contributed by atoms with E-state index in [9.17, 15) is 4.79 Å². The summed E-state index contributed by atoms with van der Waals surface area (Å²) in [7, 11) is 0. The Morgan fingerprint density at radius 1 is 1.28 bits per heavy atom. The highest BCUT2D eigenvalue weighted by Crippen LogP contribution is 2.20. The molecule has 4 rings (SSSR count). The molecule has 25 heavy (non-hydrogen) atoms. The molecule has 0 saturated carbocycles. The van der Waals surface area contributed by atoms with E-state index in [1.54, 1.807) is 12.4 Å². The summed E-state index contributed by atoms with van der Waals surface area (Å²) in [5.74, 6) is 1.16. The van der Waals surface area contributed by atoms with Gasteiger partial charge in [-0.05, 0) is 48.4 Å². The Bertz CT molecular complexity index is 860. The second-order valence-corrected chi connectivity index (χ2v) is 6.49. The number of H-pyrrole nitrogens is 1. The van der Waals surface area contributed by atoms with Crippen molar-refractivity contribution in [2.24, 2.45) is 5.92 Å². The number of nitrogens with zero attached hydrogens (tertiary/aromatic N) is 3. The Morgan fingerprint density at radius 2 is 2.16 bits per heavy atom. The Morgan fingerprint density at radius 3 is 3.04 bits per heavy atom. The van der Waals surface area contributed by atoms with Crippen LogP contribution in [-0.2, 0) is 0 Å². The van der Waals surface area contributed by atoms with E-state index in [1.165, 1.54) is 0 Å². The second kappa shape index (κ2) is 6.93. The number of carbonyl (C=O) groups is 1. The molecule has 1 aromatic carbocycles. The zero-order valence-electron chi connectivity index (χ0n) is 14.0. The predicted octanol–water partition coefficient (Wildman–Crippen LogP) is 2.60. The molecule has 0 radical (unpaired) electrons. The lowest BCUT2D eigenvalue weighted by Crippen LogP contribution is -2.41. The van der Waals surface area contributed by atoms with Crippen LogP contribution in [0.4, 0.5) is 5.95 Å². The van der Waals surface area contributed by atoms with Crippen LogP contribution in [0.5, 0.6) is 0 Å². The van der Waals surface area contributed by atoms with Crippen LogP contribution in [0, 0.1) is 5.92 Å². The van der Waals surface area contributed by atoms with Crippen molar-refractivity contribution >= 4 is 22.8 Å². The molecule has 6 nitrogen and oxygen atoms in total. The van der Waals surface area contributed by atoms with Gasteiger partial charge in [0.15, 0.2) is 0 Å². The van der Waals surface area contributed by atoms with E-state index in [-0.39, 0.29) is 5.91 Å². The Hall–Kier alpha value is -2.89. The average Bonchev–Trinajstić information content (AvgIpc) is 3.15. The first-order chi connectivity index (χ1) is 12.3. The number of benzene rings is 1. The monoisotopic (exact) mass is 335 g/mol. The van der Waals surface area contributed by atoms with Gasteiger partial charge >= 0.3 is 0 Å². The van der Waals surface area contributed by atoms with E-state index in [0.717, 1.165) is 42.8 Å². The Labute approximate surface area is 146 Å². The highest BCUT2D eigenvalue weighted by molar-refractivity contribution is 5.97. The molecule has 1 aliphatic heterocycles. The van der Waals surface area contributed by atoms with E-state index < -0.39 is 0 Å². The zero-order chi connectivity index (χ0) is 17.1. The number of piperidine rings is 1. The molecule has 6 heteroatoms. The number of hydrogen-bond acceptors (Lipinski definition) is 4. The van der Waals surface area contributed by atoms with Gasteiger partial charge in [-0.3, -0.25) is 4.79 Å². The third-order valence-corrected chi connectivity index (χ3v) is 4.72. The molecule has 3 heterocycles. The largest absolute Gasteiger partial charge is 0.361 e. The minimum atomic E-state index is -0.0235. The van der Waals surface area contributed by atoms with E-state index in [4.69, 9.17) is 0 Å². The van der Waals surface area contributed by atoms with Crippen molar-refractivity contribution in [1.29, 1.82) is 0 Å². The summed E-state index contributed by atoms with van der Waals surface area (Å²) in [6, 6.07) is 9.56. The molecule has 1 fully saturated rings. The number of fused-ring (bicyclic) bond motifs is 1. The maximum absolute atomic E-state index is 12.4. The lowest BCUT2D eigenvalue weighted by Gasteiger charge is -2.32. The zero-order valence-corrected chi connectivity index (χ0v) is 14.0. The van der Waals surface area contributed by atoms with Crippen LogP contribution in [0.1, 0.15) is 23.2 Å². The molecule has 1 saturated heterocycles. The molecule has 1 amide bonds. The minimum absolute atomic E-state index is 0.0235. The molecule has 0 spiro atoms. The summed E-state index contributed by atoms with van der Waals surface area (Å²) in [4.78, 5) is 26.4. The Balaban J connectivity index is 1.36. The third-order valence-electron chi connectivity index (χ3n) is 4.72. The summed E-state index contributed by atoms with van der Waals surface area (Å²) in [5.41, 5.74) is 1.67. The fourth-order valence-electron chi connectivity index (χ4n) is 3.40. The maximum atomic E-state index is 12.4. The normalized spacial score (nSPS) is 17.6. The summed E-state index contributed by atoms with van der Waals surface area (Å²) in [5, 5.41) is 4.19. The first-order valence-corrected chi connectivity index (χ1v) is 8.67. The van der Waals surface area contributed by atoms with Crippen molar-refractivity contribution in [3.63, 3.8) is 0 Å². The van der Waals surface area contributed by atoms with Crippen LogP contribution in [-0.4, -0.2) is 40.5 Å². The molecule has 2 aromatic heterocycles. The third kappa shape index (κ3) is 3.47. The number of nitrogens with one attached hydrogen (secondary N) is 2. The first kappa shape index (κ1) is 15.6. The van der Waals surface area contributed by atoms with Crippen molar-refractivity contribution < 1.29 is 4.79 Å². The van der Waals surface area contributed by atoms with Crippen LogP contribution in [0.25, 0.3) is 10.9 Å². The quantitative estimate of drug-likeness (QED) is 0.768. The van der Waals surface area contributed by atoms with Gasteiger partial charge in [-0.25, -0.2) is 9.97 Å². The van der Waals surface area contributed by atoms with Gasteiger partial charge in [0.2, 0.25) is 5.95 Å². The van der Waals surface area contributed by atoms with Gasteiger partial charge in [0, 0.05) is 49.3 Å². The van der Waals surface area contributed by atoms with Gasteiger partial charge < -0.3 is 15.2 Å². The molecule has 1 atom stereocenters. The highest BCUT2D eigenvalue weighted by Gasteiger charge is 2.22. The highest BCUT2D eigenvalue weighted by atomic mass is 16.1. The lowest BCUT2D eigenvalue weighted by atomic mass is 9.98. The number of rotatable bonds is 4. The SMILES string of the molecule is O=C(NC[C@H]1CCCN(c2ncccn2)C1)c1ccc2cc[nH]c2c1. The number of amides is 1. The predicted molar refractivity (Wildman–Crippen MR) is 97.6 cm³/mol. The molecule has 0 bridgehead atoms. The molecule has 0 aliphatic carbocycles. The topological polar surface area (TPSA) is 73.9 Å². The maximum Gasteiger partial charge on any atom is 0.251 e. The average molecular weight is 335 g/mol. The number of aromatic nitrogens is 3. The molecule has 1 aliphatic rings. The van der Waals surface area contributed by atoms with Gasteiger partial charge in [-0.1, -0.05) is 6.07 Å². The van der Waals surface area contributed by atoms with Crippen LogP contribution >= 0.6 is 0 Å². The van der Waals surface area contributed by atoms with E-state index >= 15 is 0 Å². The lowest BCUT2D eigenvalue weighted by molar-refractivity contribution is 0.0945. The van der Waals surface area contributed by atoms with E-state index in [1.807, 2.05) is 36.5 Å². The van der Waals surface area contributed by atoms with Gasteiger partial charge in [-0.2, -0.15) is 0 Å². The van der Waals surface area contributed by atoms with E-state index in [2.05, 4.69) is 25.2 Å². The van der Waals surface area contributed by atoms with Crippen LogP contribution in [0.15, 0.2) is 48.9 Å². The summed E-state index contributed by atoms with van der Waals surface area (Å²) >= 11 is 0. The van der Waals surface area contributed by atoms with Crippen molar-refractivity contribution in [3.8, 4) is 0 Å². The van der Waals surface area contributed by atoms with Gasteiger partial charge in [-0.15, -0.1) is 0 Å². The number of hydrogen-bond donors (Lipinski definition) is 2. The van der Waals surface area contributed by atoms with Crippen LogP contribution < -0.4 is 10.2 Å². The van der Waals surface area contributed by atoms with Crippen LogP contribution in [0.3, 0.4) is 0 Å². The summed E-state index contributed by atoms with van der Waals surface area (Å²) in [6.45, 7) is 2.52. The number of anilines is 1. The molecule has 128 valence electrons. The molecule has 0 unspecified atom stereocenters. The fourth-order valence-corrected chi connectivity index (χ4v) is 3.40. The van der Waals surface area contributed by atoms with Gasteiger partial charge in [0.05, 0.1) is 0 Å². The first-order valence-electron chi connectivity index (χ1n) is 8.67. The molecular weight excluding hydrogens is 314 g/mol. The molecule has 2 N–H and O–H groups in total.